The molecule has 1 saturated carbocycles. The molecule has 4 nitrogen and oxygen atoms in total. The molecule has 2 N–H and O–H groups in total. The fourth-order valence-electron chi connectivity index (χ4n) is 4.20. The van der Waals surface area contributed by atoms with Gasteiger partial charge in [0.25, 0.3) is 0 Å². The van der Waals surface area contributed by atoms with Crippen LogP contribution in [-0.4, -0.2) is 17.6 Å². The van der Waals surface area contributed by atoms with E-state index in [0.717, 1.165) is 50.2 Å². The van der Waals surface area contributed by atoms with Crippen LogP contribution < -0.4 is 11.1 Å². The maximum absolute atomic E-state index is 13.2. The van der Waals surface area contributed by atoms with Crippen molar-refractivity contribution in [3.63, 3.8) is 0 Å². The number of hydrogen-bond acceptors (Lipinski definition) is 3. The Balaban J connectivity index is 1.23. The summed E-state index contributed by atoms with van der Waals surface area (Å²) in [5.41, 5.74) is 3.29. The molecule has 148 valence electrons. The van der Waals surface area contributed by atoms with Gasteiger partial charge in [-0.25, -0.2) is 13.6 Å². The van der Waals surface area contributed by atoms with E-state index in [0.29, 0.717) is 29.5 Å². The minimum absolute atomic E-state index is 0.416. The summed E-state index contributed by atoms with van der Waals surface area (Å²) in [6.45, 7) is 0.841. The van der Waals surface area contributed by atoms with Crippen LogP contribution in [0.1, 0.15) is 49.1 Å². The molecule has 1 aliphatic carbocycles. The standard InChI is InChI=1S/C22H24F2N2O2/c23-17-10-14(11-18(24)13-17)2-1-9-25-19-6-3-15(4-7-19)16-5-8-20-21(12-16)28-22(27)26-20/h5,8,10-13,15,19,25H,1-4,6-7,9H2,(H,26,27). The molecule has 1 aliphatic rings. The molecule has 3 aromatic rings. The number of rotatable bonds is 6. The zero-order chi connectivity index (χ0) is 19.5. The Morgan fingerprint density at radius 2 is 1.79 bits per heavy atom. The van der Waals surface area contributed by atoms with Crippen LogP contribution in [0.25, 0.3) is 11.1 Å². The van der Waals surface area contributed by atoms with Crippen LogP contribution >= 0.6 is 0 Å². The van der Waals surface area contributed by atoms with Gasteiger partial charge in [-0.2, -0.15) is 0 Å². The van der Waals surface area contributed by atoms with Crippen molar-refractivity contribution in [2.24, 2.45) is 0 Å². The second-order valence-corrected chi connectivity index (χ2v) is 7.65. The topological polar surface area (TPSA) is 58.0 Å². The van der Waals surface area contributed by atoms with Gasteiger partial charge in [-0.1, -0.05) is 6.07 Å². The van der Waals surface area contributed by atoms with Gasteiger partial charge in [0.15, 0.2) is 5.58 Å². The number of aryl methyl sites for hydroxylation is 1. The Hall–Kier alpha value is -2.47. The molecule has 2 aromatic carbocycles. The Bertz CT molecular complexity index is 983. The Labute approximate surface area is 162 Å². The van der Waals surface area contributed by atoms with Crippen molar-refractivity contribution in [3.05, 3.63) is 69.7 Å². The molecule has 0 bridgehead atoms. The van der Waals surface area contributed by atoms with Gasteiger partial charge < -0.3 is 9.73 Å². The summed E-state index contributed by atoms with van der Waals surface area (Å²) in [4.78, 5) is 14.0. The zero-order valence-corrected chi connectivity index (χ0v) is 15.6. The van der Waals surface area contributed by atoms with E-state index in [2.05, 4.69) is 16.4 Å². The molecule has 6 heteroatoms. The fraction of sp³-hybridized carbons (Fsp3) is 0.409. The highest BCUT2D eigenvalue weighted by Crippen LogP contribution is 2.34. The molecule has 1 heterocycles. The predicted octanol–water partition coefficient (Wildman–Crippen LogP) is 4.65. The van der Waals surface area contributed by atoms with Gasteiger partial charge in [-0.15, -0.1) is 0 Å². The SMILES string of the molecule is O=c1[nH]c2ccc(C3CCC(NCCCc4cc(F)cc(F)c4)CC3)cc2o1. The van der Waals surface area contributed by atoms with Crippen molar-refractivity contribution in [2.75, 3.05) is 6.54 Å². The Morgan fingerprint density at radius 3 is 2.54 bits per heavy atom. The van der Waals surface area contributed by atoms with Gasteiger partial charge in [0, 0.05) is 12.1 Å². The van der Waals surface area contributed by atoms with E-state index >= 15 is 0 Å². The summed E-state index contributed by atoms with van der Waals surface area (Å²) in [5, 5.41) is 3.57. The Kier molecular flexibility index (Phi) is 5.57. The molecule has 0 aliphatic heterocycles. The lowest BCUT2D eigenvalue weighted by molar-refractivity contribution is 0.342. The third kappa shape index (κ3) is 4.50. The number of fused-ring (bicyclic) bond motifs is 1. The molecule has 1 aromatic heterocycles. The van der Waals surface area contributed by atoms with Crippen molar-refractivity contribution in [2.45, 2.75) is 50.5 Å². The summed E-state index contributed by atoms with van der Waals surface area (Å²) in [6, 6.07) is 10.1. The monoisotopic (exact) mass is 386 g/mol. The number of aromatic nitrogens is 1. The highest BCUT2D eigenvalue weighted by Gasteiger charge is 2.22. The molecule has 0 spiro atoms. The molecule has 28 heavy (non-hydrogen) atoms. The van der Waals surface area contributed by atoms with Gasteiger partial charge in [0.05, 0.1) is 5.52 Å². The lowest BCUT2D eigenvalue weighted by Gasteiger charge is -2.29. The third-order valence-corrected chi connectivity index (χ3v) is 5.64. The van der Waals surface area contributed by atoms with Crippen LogP contribution in [0.3, 0.4) is 0 Å². The molecule has 1 fully saturated rings. The van der Waals surface area contributed by atoms with E-state index in [4.69, 9.17) is 4.42 Å². The van der Waals surface area contributed by atoms with Crippen molar-refractivity contribution in [1.82, 2.24) is 10.3 Å². The molecule has 0 unspecified atom stereocenters. The summed E-state index contributed by atoms with van der Waals surface area (Å²) in [5.74, 6) is -0.962. The first-order valence-corrected chi connectivity index (χ1v) is 9.88. The van der Waals surface area contributed by atoms with E-state index < -0.39 is 17.4 Å². The molecule has 0 radical (unpaired) electrons. The quantitative estimate of drug-likeness (QED) is 0.607. The highest BCUT2D eigenvalue weighted by atomic mass is 19.1. The second kappa shape index (κ2) is 8.27. The second-order valence-electron chi connectivity index (χ2n) is 7.65. The number of H-pyrrole nitrogens is 1. The smallest absolute Gasteiger partial charge is 0.408 e. The number of aromatic amines is 1. The zero-order valence-electron chi connectivity index (χ0n) is 15.6. The summed E-state index contributed by atoms with van der Waals surface area (Å²) >= 11 is 0. The predicted molar refractivity (Wildman–Crippen MR) is 105 cm³/mol. The number of nitrogens with one attached hydrogen (secondary N) is 2. The molecular formula is C22H24F2N2O2. The first-order valence-electron chi connectivity index (χ1n) is 9.88. The number of hydrogen-bond donors (Lipinski definition) is 2. The van der Waals surface area contributed by atoms with Crippen molar-refractivity contribution in [1.29, 1.82) is 0 Å². The van der Waals surface area contributed by atoms with Crippen LogP contribution in [0.15, 0.2) is 45.6 Å². The summed E-state index contributed by atoms with van der Waals surface area (Å²) in [7, 11) is 0. The lowest BCUT2D eigenvalue weighted by Crippen LogP contribution is -2.33. The largest absolute Gasteiger partial charge is 0.417 e. The van der Waals surface area contributed by atoms with Gasteiger partial charge >= 0.3 is 5.76 Å². The van der Waals surface area contributed by atoms with Crippen LogP contribution in [-0.2, 0) is 6.42 Å². The van der Waals surface area contributed by atoms with Crippen molar-refractivity contribution >= 4 is 11.1 Å². The van der Waals surface area contributed by atoms with Crippen LogP contribution in [0, 0.1) is 11.6 Å². The first-order chi connectivity index (χ1) is 13.6. The van der Waals surface area contributed by atoms with Crippen molar-refractivity contribution < 1.29 is 13.2 Å². The average Bonchev–Trinajstić information content (AvgIpc) is 3.04. The first kappa shape index (κ1) is 18.9. The van der Waals surface area contributed by atoms with Crippen LogP contribution in [0.2, 0.25) is 0 Å². The van der Waals surface area contributed by atoms with Crippen LogP contribution in [0.5, 0.6) is 0 Å². The summed E-state index contributed by atoms with van der Waals surface area (Å²) in [6.07, 6.45) is 5.88. The average molecular weight is 386 g/mol. The summed E-state index contributed by atoms with van der Waals surface area (Å²) < 4.78 is 31.6. The minimum atomic E-state index is -0.515. The van der Waals surface area contributed by atoms with Gasteiger partial charge in [-0.05, 0) is 86.4 Å². The number of halogens is 2. The normalized spacial score (nSPS) is 19.9. The van der Waals surface area contributed by atoms with E-state index in [9.17, 15) is 13.6 Å². The van der Waals surface area contributed by atoms with E-state index in [1.807, 2.05) is 12.1 Å². The molecule has 0 atom stereocenters. The molecule has 0 amide bonds. The molecular weight excluding hydrogens is 362 g/mol. The van der Waals surface area contributed by atoms with Gasteiger partial charge in [-0.3, -0.25) is 4.98 Å². The van der Waals surface area contributed by atoms with E-state index in [1.54, 1.807) is 0 Å². The lowest BCUT2D eigenvalue weighted by atomic mass is 9.81. The van der Waals surface area contributed by atoms with Gasteiger partial charge in [0.1, 0.15) is 11.6 Å². The van der Waals surface area contributed by atoms with E-state index in [-0.39, 0.29) is 0 Å². The third-order valence-electron chi connectivity index (χ3n) is 5.64. The fourth-order valence-corrected chi connectivity index (χ4v) is 4.20. The van der Waals surface area contributed by atoms with Crippen molar-refractivity contribution in [3.8, 4) is 0 Å². The number of oxazole rings is 1. The molecule has 4 rings (SSSR count). The minimum Gasteiger partial charge on any atom is -0.408 e. The number of benzene rings is 2. The van der Waals surface area contributed by atoms with E-state index in [1.165, 1.54) is 17.7 Å². The van der Waals surface area contributed by atoms with Crippen LogP contribution in [0.4, 0.5) is 8.78 Å². The van der Waals surface area contributed by atoms with Gasteiger partial charge in [0.2, 0.25) is 0 Å². The maximum Gasteiger partial charge on any atom is 0.417 e. The Morgan fingerprint density at radius 1 is 1.04 bits per heavy atom. The molecule has 0 saturated heterocycles. The highest BCUT2D eigenvalue weighted by molar-refractivity contribution is 5.72. The maximum atomic E-state index is 13.2.